The highest BCUT2D eigenvalue weighted by molar-refractivity contribution is 6.31. The second-order valence-electron chi connectivity index (χ2n) is 1.68. The molecule has 0 saturated carbocycles. The monoisotopic (exact) mass is 125 g/mol. The van der Waals surface area contributed by atoms with Gasteiger partial charge in [-0.25, -0.2) is 0 Å². The van der Waals surface area contributed by atoms with Gasteiger partial charge < -0.3 is 4.98 Å². The zero-order valence-electron chi connectivity index (χ0n) is 4.64. The zero-order chi connectivity index (χ0) is 5.98. The average Bonchev–Trinajstić information content (AvgIpc) is 1.77. The fraction of sp³-hybridized carbons (Fsp3) is 0. The molecule has 0 aromatic carbocycles. The lowest BCUT2D eigenvalue weighted by Crippen LogP contribution is -2.25. The van der Waals surface area contributed by atoms with Crippen LogP contribution in [0.2, 0.25) is 0 Å². The van der Waals surface area contributed by atoms with Crippen LogP contribution in [0.15, 0.2) is 23.1 Å². The Bertz CT molecular complexity index is 230. The Labute approximate surface area is 50.0 Å². The number of hydrogen-bond donors (Lipinski definition) is 1. The summed E-state index contributed by atoms with van der Waals surface area (Å²) in [4.78, 5) is 13.2. The van der Waals surface area contributed by atoms with Gasteiger partial charge in [-0.2, -0.15) is 0 Å². The van der Waals surface area contributed by atoms with E-state index in [1.165, 1.54) is 0 Å². The summed E-state index contributed by atoms with van der Waals surface area (Å²) in [5.41, 5.74) is 0.0548. The van der Waals surface area contributed by atoms with Crippen LogP contribution in [-0.4, -0.2) is 15.2 Å². The van der Waals surface area contributed by atoms with Crippen molar-refractivity contribution in [3.63, 3.8) is 0 Å². The van der Waals surface area contributed by atoms with E-state index in [9.17, 15) is 4.79 Å². The van der Waals surface area contributed by atoms with Crippen molar-refractivity contribution in [2.75, 3.05) is 0 Å². The van der Waals surface area contributed by atoms with Gasteiger partial charge in [0.05, 0.1) is 0 Å². The minimum Gasteiger partial charge on any atom is -0.329 e. The normalized spacial score (nSPS) is 9.50. The molecule has 1 rings (SSSR count). The second kappa shape index (κ2) is 1.96. The summed E-state index contributed by atoms with van der Waals surface area (Å²) >= 11 is 0. The van der Waals surface area contributed by atoms with E-state index in [1.54, 1.807) is 6.20 Å². The molecule has 1 aromatic heterocycles. The van der Waals surface area contributed by atoms with E-state index in [1.807, 2.05) is 12.1 Å². The highest BCUT2D eigenvalue weighted by atomic mass is 28.1. The Morgan fingerprint density at radius 1 is 1.62 bits per heavy atom. The molecule has 0 radical (unpaired) electrons. The summed E-state index contributed by atoms with van der Waals surface area (Å²) in [6.45, 7) is 0. The van der Waals surface area contributed by atoms with E-state index in [2.05, 4.69) is 4.98 Å². The molecular weight excluding hydrogens is 118 g/mol. The minimum absolute atomic E-state index is 0.0548. The molecule has 1 N–H and O–H groups in total. The number of H-pyrrole nitrogens is 1. The molecule has 1 heterocycles. The van der Waals surface area contributed by atoms with Gasteiger partial charge in [0.2, 0.25) is 5.56 Å². The van der Waals surface area contributed by atoms with E-state index in [-0.39, 0.29) is 5.56 Å². The Kier molecular flexibility index (Phi) is 1.30. The lowest BCUT2D eigenvalue weighted by atomic mass is 10.5. The molecule has 42 valence electrons. The first-order chi connectivity index (χ1) is 3.80. The third-order valence-corrected chi connectivity index (χ3v) is 1.80. The van der Waals surface area contributed by atoms with Gasteiger partial charge in [0.15, 0.2) is 0 Å². The number of aromatic nitrogens is 1. The summed E-state index contributed by atoms with van der Waals surface area (Å²) in [7, 11) is 0.832. The number of pyridine rings is 1. The lowest BCUT2D eigenvalue weighted by molar-refractivity contribution is 1.26. The Hall–Kier alpha value is -0.833. The van der Waals surface area contributed by atoms with Crippen LogP contribution >= 0.6 is 0 Å². The van der Waals surface area contributed by atoms with E-state index < -0.39 is 0 Å². The van der Waals surface area contributed by atoms with Gasteiger partial charge >= 0.3 is 0 Å². The van der Waals surface area contributed by atoms with Crippen LogP contribution in [0.25, 0.3) is 0 Å². The first kappa shape index (κ1) is 5.31. The number of rotatable bonds is 0. The van der Waals surface area contributed by atoms with Crippen molar-refractivity contribution < 1.29 is 0 Å². The van der Waals surface area contributed by atoms with Crippen LogP contribution < -0.4 is 10.7 Å². The van der Waals surface area contributed by atoms with E-state index in [0.29, 0.717) is 0 Å². The van der Waals surface area contributed by atoms with Gasteiger partial charge in [-0.15, -0.1) is 0 Å². The molecule has 0 aliphatic heterocycles. The summed E-state index contributed by atoms with van der Waals surface area (Å²) in [6.07, 6.45) is 1.64. The van der Waals surface area contributed by atoms with Crippen LogP contribution in [-0.2, 0) is 0 Å². The van der Waals surface area contributed by atoms with Crippen LogP contribution in [0.5, 0.6) is 0 Å². The van der Waals surface area contributed by atoms with Crippen molar-refractivity contribution in [1.82, 2.24) is 4.98 Å². The van der Waals surface area contributed by atoms with E-state index in [0.717, 1.165) is 15.4 Å². The molecular formula is C5H7NOSi. The lowest BCUT2D eigenvalue weighted by Gasteiger charge is -1.83. The molecule has 8 heavy (non-hydrogen) atoms. The molecule has 0 saturated heterocycles. The van der Waals surface area contributed by atoms with Crippen molar-refractivity contribution in [3.8, 4) is 0 Å². The maximum absolute atomic E-state index is 10.6. The highest BCUT2D eigenvalue weighted by Crippen LogP contribution is 1.64. The van der Waals surface area contributed by atoms with Crippen molar-refractivity contribution in [3.05, 3.63) is 28.7 Å². The molecule has 0 amide bonds. The standard InChI is InChI=1S/C5H7NOSi/c7-5-4(8)2-1-3-6-5/h1-3H,8H3,(H,6,7). The summed E-state index contributed by atoms with van der Waals surface area (Å²) in [6, 6.07) is 3.68. The van der Waals surface area contributed by atoms with Crippen LogP contribution in [0, 0.1) is 0 Å². The number of hydrogen-bond acceptors (Lipinski definition) is 1. The largest absolute Gasteiger partial charge is 0.329 e. The molecule has 0 bridgehead atoms. The number of aromatic amines is 1. The van der Waals surface area contributed by atoms with E-state index >= 15 is 0 Å². The van der Waals surface area contributed by atoms with Crippen LogP contribution in [0.1, 0.15) is 0 Å². The van der Waals surface area contributed by atoms with Crippen molar-refractivity contribution in [2.45, 2.75) is 0 Å². The SMILES string of the molecule is O=c1[nH]cccc1[SiH3]. The Balaban J connectivity index is 3.35. The Morgan fingerprint density at radius 3 is 2.75 bits per heavy atom. The fourth-order valence-corrected chi connectivity index (χ4v) is 0.843. The fourth-order valence-electron chi connectivity index (χ4n) is 0.506. The first-order valence-corrected chi connectivity index (χ1v) is 3.45. The van der Waals surface area contributed by atoms with Gasteiger partial charge in [0.1, 0.15) is 0 Å². The molecule has 3 heteroatoms. The third-order valence-electron chi connectivity index (χ3n) is 1.02. The van der Waals surface area contributed by atoms with Gasteiger partial charge in [0, 0.05) is 16.4 Å². The van der Waals surface area contributed by atoms with Gasteiger partial charge in [-0.1, -0.05) is 6.07 Å². The molecule has 0 aliphatic carbocycles. The second-order valence-corrected chi connectivity index (χ2v) is 2.76. The molecule has 1 aromatic rings. The van der Waals surface area contributed by atoms with E-state index in [4.69, 9.17) is 0 Å². The average molecular weight is 125 g/mol. The summed E-state index contributed by atoms with van der Waals surface area (Å²) in [5, 5.41) is 0.896. The molecule has 0 spiro atoms. The zero-order valence-corrected chi connectivity index (χ0v) is 6.64. The molecule has 0 aliphatic rings. The quantitative estimate of drug-likeness (QED) is 0.415. The maximum Gasteiger partial charge on any atom is 0.246 e. The topological polar surface area (TPSA) is 32.9 Å². The van der Waals surface area contributed by atoms with Gasteiger partial charge in [-0.05, 0) is 11.3 Å². The van der Waals surface area contributed by atoms with Crippen molar-refractivity contribution in [2.24, 2.45) is 0 Å². The minimum atomic E-state index is 0.0548. The smallest absolute Gasteiger partial charge is 0.246 e. The molecule has 0 unspecified atom stereocenters. The summed E-state index contributed by atoms with van der Waals surface area (Å²) in [5.74, 6) is 0. The Morgan fingerprint density at radius 2 is 2.38 bits per heavy atom. The molecule has 2 nitrogen and oxygen atoms in total. The molecule has 0 fully saturated rings. The van der Waals surface area contributed by atoms with Crippen LogP contribution in [0.4, 0.5) is 0 Å². The number of nitrogens with one attached hydrogen (secondary N) is 1. The van der Waals surface area contributed by atoms with Gasteiger partial charge in [-0.3, -0.25) is 4.79 Å². The summed E-state index contributed by atoms with van der Waals surface area (Å²) < 4.78 is 0. The van der Waals surface area contributed by atoms with Crippen LogP contribution in [0.3, 0.4) is 0 Å². The van der Waals surface area contributed by atoms with Gasteiger partial charge in [0.25, 0.3) is 0 Å². The van der Waals surface area contributed by atoms with Crippen molar-refractivity contribution >= 4 is 15.4 Å². The molecule has 0 atom stereocenters. The predicted molar refractivity (Wildman–Crippen MR) is 36.6 cm³/mol. The predicted octanol–water partition coefficient (Wildman–Crippen LogP) is -1.63. The van der Waals surface area contributed by atoms with Crippen molar-refractivity contribution in [1.29, 1.82) is 0 Å². The third kappa shape index (κ3) is 0.868. The first-order valence-electron chi connectivity index (χ1n) is 2.45. The highest BCUT2D eigenvalue weighted by Gasteiger charge is 1.83. The maximum atomic E-state index is 10.6.